The van der Waals surface area contributed by atoms with Crippen molar-refractivity contribution in [1.29, 1.82) is 0 Å². The van der Waals surface area contributed by atoms with Gasteiger partial charge in [-0.15, -0.1) is 0 Å². The van der Waals surface area contributed by atoms with E-state index >= 15 is 0 Å². The number of carbonyl (C=O) groups is 4. The van der Waals surface area contributed by atoms with E-state index < -0.39 is 65.1 Å². The van der Waals surface area contributed by atoms with Gasteiger partial charge < -0.3 is 35.8 Å². The Hall–Kier alpha value is -4.97. The first-order valence-electron chi connectivity index (χ1n) is 17.0. The van der Waals surface area contributed by atoms with E-state index in [1.165, 1.54) is 14.2 Å². The van der Waals surface area contributed by atoms with E-state index in [2.05, 4.69) is 26.3 Å². The summed E-state index contributed by atoms with van der Waals surface area (Å²) in [5.41, 5.74) is 2.14. The van der Waals surface area contributed by atoms with Crippen LogP contribution < -0.4 is 21.3 Å². The van der Waals surface area contributed by atoms with Gasteiger partial charge in [-0.1, -0.05) is 102 Å². The third-order valence-electron chi connectivity index (χ3n) is 8.51. The van der Waals surface area contributed by atoms with Gasteiger partial charge in [0.1, 0.15) is 12.1 Å². The Bertz CT molecular complexity index is 1570. The summed E-state index contributed by atoms with van der Waals surface area (Å²) in [6.07, 6.45) is -0.262. The average molecular weight is 704 g/mol. The van der Waals surface area contributed by atoms with Gasteiger partial charge in [-0.3, -0.25) is 14.6 Å². The number of rotatable bonds is 14. The minimum atomic E-state index is -1.15. The summed E-state index contributed by atoms with van der Waals surface area (Å²) in [5, 5.41) is 23.2. The van der Waals surface area contributed by atoms with Crippen LogP contribution in [0.2, 0.25) is 0 Å². The number of pyridine rings is 1. The Labute approximate surface area is 301 Å². The molecular formula is C39H53N5O7. The topological polar surface area (TPSA) is 168 Å². The van der Waals surface area contributed by atoms with Gasteiger partial charge in [-0.2, -0.15) is 0 Å². The molecule has 5 N–H and O–H groups in total. The highest BCUT2D eigenvalue weighted by molar-refractivity contribution is 5.87. The molecule has 12 nitrogen and oxygen atoms in total. The second-order valence-electron chi connectivity index (χ2n) is 14.8. The lowest BCUT2D eigenvalue weighted by molar-refractivity contribution is -0.128. The molecule has 0 spiro atoms. The van der Waals surface area contributed by atoms with Crippen molar-refractivity contribution in [3.05, 3.63) is 90.1 Å². The zero-order valence-corrected chi connectivity index (χ0v) is 30.9. The number of alkyl carbamates (subject to hydrolysis) is 2. The van der Waals surface area contributed by atoms with Crippen LogP contribution in [0.15, 0.2) is 79.0 Å². The molecule has 2 aromatic carbocycles. The molecule has 0 aliphatic heterocycles. The first-order chi connectivity index (χ1) is 24.0. The summed E-state index contributed by atoms with van der Waals surface area (Å²) in [6, 6.07) is 19.5. The van der Waals surface area contributed by atoms with E-state index in [4.69, 9.17) is 9.47 Å². The molecule has 5 atom stereocenters. The van der Waals surface area contributed by atoms with Crippen LogP contribution in [0, 0.1) is 10.8 Å². The van der Waals surface area contributed by atoms with Crippen molar-refractivity contribution in [3.8, 4) is 11.3 Å². The highest BCUT2D eigenvalue weighted by atomic mass is 16.5. The van der Waals surface area contributed by atoms with Gasteiger partial charge in [-0.25, -0.2) is 9.59 Å². The number of aliphatic hydroxyl groups excluding tert-OH is 1. The molecule has 0 radical (unpaired) electrons. The third-order valence-corrected chi connectivity index (χ3v) is 8.51. The molecule has 2 unspecified atom stereocenters. The van der Waals surface area contributed by atoms with Gasteiger partial charge in [0.25, 0.3) is 0 Å². The zero-order valence-electron chi connectivity index (χ0n) is 30.9. The number of ether oxygens (including phenoxy) is 2. The first-order valence-corrected chi connectivity index (χ1v) is 17.0. The van der Waals surface area contributed by atoms with E-state index in [9.17, 15) is 24.3 Å². The number of hydrogen-bond donors (Lipinski definition) is 5. The normalized spacial score (nSPS) is 14.5. The summed E-state index contributed by atoms with van der Waals surface area (Å²) < 4.78 is 9.56. The minimum Gasteiger partial charge on any atom is -0.453 e. The standard InChI is InChI=1S/C39H53N5O7/c1-38(2,3)32(43-36(48)50-7)34(46)41-28(22-26-17-19-27(20-18-26)29-16-12-13-21-40-29)24-31(45)30(23-25-14-10-9-11-15-25)42-35(47)33(39(4,5)6)44-37(49)51-8/h9-21,28,30-33,45H,22-24H2,1-8H3,(H,41,46)(H,42,47)(H,43,48)(H,44,49)/t28?,30-,31-,32?,33+/m0/s1. The molecule has 51 heavy (non-hydrogen) atoms. The van der Waals surface area contributed by atoms with Crippen molar-refractivity contribution in [2.24, 2.45) is 10.8 Å². The van der Waals surface area contributed by atoms with E-state index in [0.29, 0.717) is 6.42 Å². The zero-order chi connectivity index (χ0) is 37.8. The van der Waals surface area contributed by atoms with Crippen molar-refractivity contribution in [3.63, 3.8) is 0 Å². The SMILES string of the molecule is COC(=O)NC(C(=O)NC(Cc1ccc(-c2ccccn2)cc1)C[C@H](O)[C@H](Cc1ccccc1)NC(=O)[C@@H](NC(=O)OC)C(C)(C)C)C(C)(C)C. The van der Waals surface area contributed by atoms with E-state index in [1.54, 1.807) is 6.20 Å². The van der Waals surface area contributed by atoms with Gasteiger partial charge in [0.05, 0.1) is 32.1 Å². The van der Waals surface area contributed by atoms with E-state index in [1.807, 2.05) is 114 Å². The number of methoxy groups -OCH3 is 2. The number of benzene rings is 2. The van der Waals surface area contributed by atoms with Gasteiger partial charge in [0.15, 0.2) is 0 Å². The molecule has 0 aliphatic rings. The van der Waals surface area contributed by atoms with Gasteiger partial charge >= 0.3 is 12.2 Å². The second kappa shape index (κ2) is 18.3. The van der Waals surface area contributed by atoms with Crippen molar-refractivity contribution >= 4 is 24.0 Å². The molecule has 0 aliphatic carbocycles. The Kier molecular flexibility index (Phi) is 14.5. The summed E-state index contributed by atoms with van der Waals surface area (Å²) in [7, 11) is 2.45. The summed E-state index contributed by atoms with van der Waals surface area (Å²) in [4.78, 5) is 56.4. The minimum absolute atomic E-state index is 0.0468. The number of nitrogens with zero attached hydrogens (tertiary/aromatic N) is 1. The molecule has 1 heterocycles. The molecule has 0 bridgehead atoms. The fraction of sp³-hybridized carbons (Fsp3) is 0.462. The van der Waals surface area contributed by atoms with E-state index in [0.717, 1.165) is 22.4 Å². The molecule has 276 valence electrons. The lowest BCUT2D eigenvalue weighted by atomic mass is 9.85. The molecule has 12 heteroatoms. The number of carbonyl (C=O) groups excluding carboxylic acids is 4. The fourth-order valence-electron chi connectivity index (χ4n) is 5.68. The number of aliphatic hydroxyl groups is 1. The summed E-state index contributed by atoms with van der Waals surface area (Å²) in [6.45, 7) is 10.9. The molecule has 3 aromatic rings. The quantitative estimate of drug-likeness (QED) is 0.160. The van der Waals surface area contributed by atoms with Crippen molar-refractivity contribution in [2.75, 3.05) is 14.2 Å². The van der Waals surface area contributed by atoms with Crippen LogP contribution in [0.25, 0.3) is 11.3 Å². The fourth-order valence-corrected chi connectivity index (χ4v) is 5.68. The maximum absolute atomic E-state index is 13.8. The average Bonchev–Trinajstić information content (AvgIpc) is 3.08. The van der Waals surface area contributed by atoms with Crippen LogP contribution in [0.5, 0.6) is 0 Å². The molecule has 1 aromatic heterocycles. The maximum atomic E-state index is 13.8. The van der Waals surface area contributed by atoms with Crippen molar-refractivity contribution in [2.45, 2.75) is 91.1 Å². The largest absolute Gasteiger partial charge is 0.453 e. The molecule has 4 amide bonds. The van der Waals surface area contributed by atoms with Crippen molar-refractivity contribution in [1.82, 2.24) is 26.3 Å². The molecular weight excluding hydrogens is 650 g/mol. The monoisotopic (exact) mass is 703 g/mol. The lowest BCUT2D eigenvalue weighted by Gasteiger charge is -2.34. The second-order valence-corrected chi connectivity index (χ2v) is 14.8. The Morgan fingerprint density at radius 2 is 1.18 bits per heavy atom. The molecule has 0 saturated heterocycles. The highest BCUT2D eigenvalue weighted by Crippen LogP contribution is 2.24. The maximum Gasteiger partial charge on any atom is 0.407 e. The Morgan fingerprint density at radius 1 is 0.667 bits per heavy atom. The highest BCUT2D eigenvalue weighted by Gasteiger charge is 2.37. The molecule has 0 fully saturated rings. The van der Waals surface area contributed by atoms with Gasteiger partial charge in [0.2, 0.25) is 11.8 Å². The number of amides is 4. The predicted molar refractivity (Wildman–Crippen MR) is 196 cm³/mol. The van der Waals surface area contributed by atoms with Crippen molar-refractivity contribution < 1.29 is 33.8 Å². The van der Waals surface area contributed by atoms with Crippen LogP contribution in [-0.2, 0) is 31.9 Å². The third kappa shape index (κ3) is 12.7. The van der Waals surface area contributed by atoms with E-state index in [-0.39, 0.29) is 12.8 Å². The van der Waals surface area contributed by atoms with Crippen LogP contribution in [0.4, 0.5) is 9.59 Å². The van der Waals surface area contributed by atoms with Gasteiger partial charge in [-0.05, 0) is 53.4 Å². The number of hydrogen-bond acceptors (Lipinski definition) is 8. The summed E-state index contributed by atoms with van der Waals surface area (Å²) in [5.74, 6) is -0.942. The lowest BCUT2D eigenvalue weighted by Crippen LogP contribution is -2.59. The first kappa shape index (κ1) is 40.5. The summed E-state index contributed by atoms with van der Waals surface area (Å²) >= 11 is 0. The van der Waals surface area contributed by atoms with Gasteiger partial charge in [0, 0.05) is 17.8 Å². The Morgan fingerprint density at radius 3 is 1.67 bits per heavy atom. The Balaban J connectivity index is 1.96. The number of aromatic nitrogens is 1. The van der Waals surface area contributed by atoms with Crippen LogP contribution in [0.3, 0.4) is 0 Å². The number of nitrogens with one attached hydrogen (secondary N) is 4. The molecule has 0 saturated carbocycles. The van der Waals surface area contributed by atoms with Crippen LogP contribution >= 0.6 is 0 Å². The molecule has 3 rings (SSSR count). The predicted octanol–water partition coefficient (Wildman–Crippen LogP) is 4.80. The smallest absolute Gasteiger partial charge is 0.407 e. The van der Waals surface area contributed by atoms with Crippen LogP contribution in [-0.4, -0.2) is 78.6 Å². The van der Waals surface area contributed by atoms with Crippen LogP contribution in [0.1, 0.15) is 59.1 Å².